The van der Waals surface area contributed by atoms with Gasteiger partial charge in [0.25, 0.3) is 0 Å². The molecule has 0 aliphatic carbocycles. The molecular formula is C19H27NO4. The van der Waals surface area contributed by atoms with Crippen LogP contribution in [0.25, 0.3) is 0 Å². The van der Waals surface area contributed by atoms with Gasteiger partial charge in [0.2, 0.25) is 0 Å². The van der Waals surface area contributed by atoms with Crippen LogP contribution in [0.4, 0.5) is 10.5 Å². The van der Waals surface area contributed by atoms with Crippen molar-refractivity contribution in [2.75, 3.05) is 11.4 Å². The Balaban J connectivity index is 2.24. The highest BCUT2D eigenvalue weighted by atomic mass is 16.6. The Hall–Kier alpha value is -2.04. The van der Waals surface area contributed by atoms with Crippen LogP contribution >= 0.6 is 0 Å². The summed E-state index contributed by atoms with van der Waals surface area (Å²) in [5.41, 5.74) is 2.45. The van der Waals surface area contributed by atoms with Crippen molar-refractivity contribution in [1.82, 2.24) is 0 Å². The van der Waals surface area contributed by atoms with E-state index in [0.717, 1.165) is 23.2 Å². The van der Waals surface area contributed by atoms with Crippen LogP contribution in [0.2, 0.25) is 0 Å². The average Bonchev–Trinajstić information content (AvgIpc) is 2.85. The zero-order valence-corrected chi connectivity index (χ0v) is 15.1. The molecule has 5 nitrogen and oxygen atoms in total. The topological polar surface area (TPSA) is 66.8 Å². The third-order valence-electron chi connectivity index (χ3n) is 4.24. The van der Waals surface area contributed by atoms with E-state index in [4.69, 9.17) is 9.84 Å². The van der Waals surface area contributed by atoms with E-state index >= 15 is 0 Å². The fourth-order valence-electron chi connectivity index (χ4n) is 3.09. The smallest absolute Gasteiger partial charge is 0.414 e. The second-order valence-corrected chi connectivity index (χ2v) is 7.72. The fourth-order valence-corrected chi connectivity index (χ4v) is 3.09. The first-order valence-electron chi connectivity index (χ1n) is 8.43. The second kappa shape index (κ2) is 6.83. The summed E-state index contributed by atoms with van der Waals surface area (Å²) in [7, 11) is 0. The van der Waals surface area contributed by atoms with Gasteiger partial charge in [-0.2, -0.15) is 0 Å². The zero-order chi connectivity index (χ0) is 18.1. The molecule has 1 aliphatic rings. The molecule has 1 atom stereocenters. The summed E-state index contributed by atoms with van der Waals surface area (Å²) in [6.07, 6.45) is 0.548. The Morgan fingerprint density at radius 1 is 1.29 bits per heavy atom. The number of carbonyl (C=O) groups excluding carboxylic acids is 1. The summed E-state index contributed by atoms with van der Waals surface area (Å²) in [6, 6.07) is 5.90. The fraction of sp³-hybridized carbons (Fsp3) is 0.579. The van der Waals surface area contributed by atoms with Crippen LogP contribution < -0.4 is 4.90 Å². The van der Waals surface area contributed by atoms with E-state index < -0.39 is 11.6 Å². The number of benzene rings is 1. The van der Waals surface area contributed by atoms with E-state index in [1.807, 2.05) is 52.8 Å². The summed E-state index contributed by atoms with van der Waals surface area (Å²) in [5.74, 6) is -0.574. The van der Waals surface area contributed by atoms with Crippen LogP contribution in [0.3, 0.4) is 0 Å². The highest BCUT2D eigenvalue weighted by Gasteiger charge is 2.30. The number of ether oxygens (including phenoxy) is 1. The molecule has 24 heavy (non-hydrogen) atoms. The lowest BCUT2D eigenvalue weighted by Gasteiger charge is -2.25. The van der Waals surface area contributed by atoms with Crippen LogP contribution in [-0.4, -0.2) is 29.3 Å². The van der Waals surface area contributed by atoms with Crippen molar-refractivity contribution in [1.29, 1.82) is 0 Å². The SMILES string of the molecule is CC(C)[C@@H](CC(=O)O)c1ccc2c(c1)CCN2C(=O)OC(C)(C)C. The third kappa shape index (κ3) is 4.28. The Bertz CT molecular complexity index is 631. The number of carboxylic acid groups (broad SMARTS) is 1. The summed E-state index contributed by atoms with van der Waals surface area (Å²) < 4.78 is 5.46. The Morgan fingerprint density at radius 2 is 1.96 bits per heavy atom. The van der Waals surface area contributed by atoms with Gasteiger partial charge in [-0.15, -0.1) is 0 Å². The van der Waals surface area contributed by atoms with Gasteiger partial charge >= 0.3 is 12.1 Å². The minimum absolute atomic E-state index is 0.0247. The van der Waals surface area contributed by atoms with Crippen LogP contribution in [0.15, 0.2) is 18.2 Å². The van der Waals surface area contributed by atoms with Crippen molar-refractivity contribution < 1.29 is 19.4 Å². The van der Waals surface area contributed by atoms with E-state index in [0.29, 0.717) is 6.54 Å². The molecule has 0 fully saturated rings. The minimum Gasteiger partial charge on any atom is -0.481 e. The van der Waals surface area contributed by atoms with Gasteiger partial charge in [-0.1, -0.05) is 26.0 Å². The molecule has 5 heteroatoms. The molecule has 0 unspecified atom stereocenters. The highest BCUT2D eigenvalue weighted by molar-refractivity contribution is 5.90. The standard InChI is InChI=1S/C19H27NO4/c1-12(2)15(11-17(21)22)13-6-7-16-14(10-13)8-9-20(16)18(23)24-19(3,4)5/h6-7,10,12,15H,8-9,11H2,1-5H3,(H,21,22)/t15-/m1/s1. The largest absolute Gasteiger partial charge is 0.481 e. The van der Waals surface area contributed by atoms with E-state index in [2.05, 4.69) is 0 Å². The molecule has 1 aromatic carbocycles. The molecule has 1 aliphatic heterocycles. The number of carbonyl (C=O) groups is 2. The van der Waals surface area contributed by atoms with Crippen LogP contribution in [0.5, 0.6) is 0 Å². The van der Waals surface area contributed by atoms with Crippen molar-refractivity contribution in [3.63, 3.8) is 0 Å². The molecule has 0 spiro atoms. The van der Waals surface area contributed by atoms with Crippen molar-refractivity contribution in [3.05, 3.63) is 29.3 Å². The van der Waals surface area contributed by atoms with Crippen LogP contribution in [0, 0.1) is 5.92 Å². The maximum atomic E-state index is 12.3. The number of anilines is 1. The normalized spacial score (nSPS) is 15.3. The predicted octanol–water partition coefficient (Wildman–Crippen LogP) is 4.20. The second-order valence-electron chi connectivity index (χ2n) is 7.72. The van der Waals surface area contributed by atoms with E-state index in [1.54, 1.807) is 4.90 Å². The predicted molar refractivity (Wildman–Crippen MR) is 93.6 cm³/mol. The van der Waals surface area contributed by atoms with Gasteiger partial charge in [0, 0.05) is 6.54 Å². The lowest BCUT2D eigenvalue weighted by atomic mass is 9.85. The monoisotopic (exact) mass is 333 g/mol. The molecule has 0 bridgehead atoms. The molecule has 2 rings (SSSR count). The first-order chi connectivity index (χ1) is 11.1. The third-order valence-corrected chi connectivity index (χ3v) is 4.24. The number of rotatable bonds is 4. The molecule has 0 radical (unpaired) electrons. The number of nitrogens with zero attached hydrogens (tertiary/aromatic N) is 1. The first-order valence-corrected chi connectivity index (χ1v) is 8.43. The minimum atomic E-state index is -0.787. The van der Waals surface area contributed by atoms with Crippen molar-refractivity contribution in [2.24, 2.45) is 5.92 Å². The zero-order valence-electron chi connectivity index (χ0n) is 15.1. The van der Waals surface area contributed by atoms with Gasteiger partial charge in [-0.3, -0.25) is 9.69 Å². The van der Waals surface area contributed by atoms with Gasteiger partial charge in [0.1, 0.15) is 5.60 Å². The van der Waals surface area contributed by atoms with Gasteiger partial charge < -0.3 is 9.84 Å². The van der Waals surface area contributed by atoms with Gasteiger partial charge in [-0.05, 0) is 56.2 Å². The molecule has 1 aromatic rings. The summed E-state index contributed by atoms with van der Waals surface area (Å²) in [4.78, 5) is 25.1. The molecule has 132 valence electrons. The Morgan fingerprint density at radius 3 is 2.50 bits per heavy atom. The highest BCUT2D eigenvalue weighted by Crippen LogP contribution is 2.35. The maximum Gasteiger partial charge on any atom is 0.414 e. The number of hydrogen-bond acceptors (Lipinski definition) is 3. The summed E-state index contributed by atoms with van der Waals surface area (Å²) in [6.45, 7) is 10.2. The Kier molecular flexibility index (Phi) is 5.21. The molecule has 0 aromatic heterocycles. The molecule has 1 amide bonds. The van der Waals surface area contributed by atoms with Crippen molar-refractivity contribution in [2.45, 2.75) is 59.0 Å². The van der Waals surface area contributed by atoms with E-state index in [-0.39, 0.29) is 24.3 Å². The maximum absolute atomic E-state index is 12.3. The van der Waals surface area contributed by atoms with Crippen LogP contribution in [0.1, 0.15) is 58.1 Å². The lowest BCUT2D eigenvalue weighted by molar-refractivity contribution is -0.137. The Labute approximate surface area is 143 Å². The van der Waals surface area contributed by atoms with Crippen molar-refractivity contribution >= 4 is 17.7 Å². The van der Waals surface area contributed by atoms with E-state index in [9.17, 15) is 9.59 Å². The first kappa shape index (κ1) is 18.3. The number of aliphatic carboxylic acids is 1. The number of hydrogen-bond donors (Lipinski definition) is 1. The molecule has 0 saturated heterocycles. The van der Waals surface area contributed by atoms with Gasteiger partial charge in [-0.25, -0.2) is 4.79 Å². The number of fused-ring (bicyclic) bond motifs is 1. The quantitative estimate of drug-likeness (QED) is 0.897. The molecular weight excluding hydrogens is 306 g/mol. The summed E-state index contributed by atoms with van der Waals surface area (Å²) >= 11 is 0. The van der Waals surface area contributed by atoms with Gasteiger partial charge in [0.15, 0.2) is 0 Å². The van der Waals surface area contributed by atoms with E-state index in [1.165, 1.54) is 0 Å². The average molecular weight is 333 g/mol. The summed E-state index contributed by atoms with van der Waals surface area (Å²) in [5, 5.41) is 9.14. The number of amides is 1. The van der Waals surface area contributed by atoms with Gasteiger partial charge in [0.05, 0.1) is 12.1 Å². The molecule has 1 heterocycles. The lowest BCUT2D eigenvalue weighted by Crippen LogP contribution is -2.35. The molecule has 0 saturated carbocycles. The molecule has 1 N–H and O–H groups in total. The van der Waals surface area contributed by atoms with Crippen molar-refractivity contribution in [3.8, 4) is 0 Å². The number of carboxylic acids is 1. The van der Waals surface area contributed by atoms with Crippen LogP contribution in [-0.2, 0) is 16.0 Å².